The number of rotatable bonds is 4. The summed E-state index contributed by atoms with van der Waals surface area (Å²) in [4.78, 5) is 25.9. The van der Waals surface area contributed by atoms with Gasteiger partial charge in [-0.05, 0) is 25.5 Å². The quantitative estimate of drug-likeness (QED) is 0.643. The predicted molar refractivity (Wildman–Crippen MR) is 82.0 cm³/mol. The summed E-state index contributed by atoms with van der Waals surface area (Å²) in [7, 11) is 0. The van der Waals surface area contributed by atoms with E-state index in [0.29, 0.717) is 24.3 Å². The largest absolute Gasteiger partial charge is 0.486 e. The van der Waals surface area contributed by atoms with Crippen molar-refractivity contribution in [3.8, 4) is 5.75 Å². The van der Waals surface area contributed by atoms with Crippen LogP contribution in [0.4, 0.5) is 0 Å². The highest BCUT2D eigenvalue weighted by atomic mass is 16.5. The minimum atomic E-state index is -1.03. The van der Waals surface area contributed by atoms with Gasteiger partial charge < -0.3 is 18.8 Å². The fourth-order valence-corrected chi connectivity index (χ4v) is 2.63. The van der Waals surface area contributed by atoms with Crippen LogP contribution in [0.5, 0.6) is 5.75 Å². The Balaban J connectivity index is 2.12. The first kappa shape index (κ1) is 14.4. The van der Waals surface area contributed by atoms with Crippen molar-refractivity contribution in [1.29, 1.82) is 0 Å². The van der Waals surface area contributed by atoms with Gasteiger partial charge in [0, 0.05) is 6.54 Å². The summed E-state index contributed by atoms with van der Waals surface area (Å²) in [5.41, 5.74) is -0.429. The number of furan rings is 1. The maximum atomic E-state index is 12.8. The number of carbonyl (C=O) groups is 2. The minimum absolute atomic E-state index is 0.0932. The molecule has 1 aromatic carbocycles. The second-order valence-electron chi connectivity index (χ2n) is 5.55. The van der Waals surface area contributed by atoms with E-state index in [1.54, 1.807) is 19.1 Å². The molecule has 0 fully saturated rings. The van der Waals surface area contributed by atoms with Gasteiger partial charge in [-0.15, -0.1) is 6.58 Å². The molecule has 0 saturated carbocycles. The van der Waals surface area contributed by atoms with Gasteiger partial charge in [0.25, 0.3) is 5.91 Å². The summed E-state index contributed by atoms with van der Waals surface area (Å²) >= 11 is 0. The summed E-state index contributed by atoms with van der Waals surface area (Å²) < 4.78 is 11.4. The summed E-state index contributed by atoms with van der Waals surface area (Å²) in [5.74, 6) is 0.228. The van der Waals surface area contributed by atoms with E-state index in [4.69, 9.17) is 9.15 Å². The lowest BCUT2D eigenvalue weighted by atomic mass is 10.0. The van der Waals surface area contributed by atoms with Gasteiger partial charge in [0.05, 0.1) is 5.39 Å². The summed E-state index contributed by atoms with van der Waals surface area (Å²) in [6.07, 6.45) is 3.05. The van der Waals surface area contributed by atoms with Gasteiger partial charge in [-0.1, -0.05) is 18.2 Å². The molecule has 1 aliphatic heterocycles. The van der Waals surface area contributed by atoms with Crippen LogP contribution in [0.3, 0.4) is 0 Å². The number of amides is 1. The lowest BCUT2D eigenvalue weighted by Crippen LogP contribution is -2.53. The first-order valence-corrected chi connectivity index (χ1v) is 7.14. The van der Waals surface area contributed by atoms with Gasteiger partial charge in [0.2, 0.25) is 5.76 Å². The Morgan fingerprint density at radius 1 is 1.41 bits per heavy atom. The number of nitrogens with zero attached hydrogens (tertiary/aromatic N) is 1. The van der Waals surface area contributed by atoms with Gasteiger partial charge in [-0.3, -0.25) is 4.79 Å². The standard InChI is InChI=1S/C17H17NO4/c1-3-4-9-18-16(20)15-14(21-11-17(18,2)10-19)12-7-5-6-8-13(12)22-15/h3,5-8,10H,1,4,9,11H2,2H3. The van der Waals surface area contributed by atoms with Gasteiger partial charge in [-0.25, -0.2) is 0 Å². The zero-order chi connectivity index (χ0) is 15.7. The zero-order valence-electron chi connectivity index (χ0n) is 12.4. The van der Waals surface area contributed by atoms with Crippen LogP contribution < -0.4 is 4.74 Å². The molecule has 0 saturated heterocycles. The van der Waals surface area contributed by atoms with Crippen molar-refractivity contribution in [2.45, 2.75) is 18.9 Å². The van der Waals surface area contributed by atoms with Crippen molar-refractivity contribution in [1.82, 2.24) is 4.90 Å². The van der Waals surface area contributed by atoms with E-state index in [0.717, 1.165) is 11.7 Å². The molecule has 0 bridgehead atoms. The molecule has 0 aliphatic carbocycles. The topological polar surface area (TPSA) is 59.8 Å². The number of aldehydes is 1. The van der Waals surface area contributed by atoms with Crippen LogP contribution in [0.15, 0.2) is 41.3 Å². The lowest BCUT2D eigenvalue weighted by Gasteiger charge is -2.34. The van der Waals surface area contributed by atoms with E-state index in [2.05, 4.69) is 6.58 Å². The Hall–Kier alpha value is -2.56. The smallest absolute Gasteiger partial charge is 0.294 e. The molecule has 1 amide bonds. The Kier molecular flexibility index (Phi) is 3.48. The summed E-state index contributed by atoms with van der Waals surface area (Å²) in [5, 5.41) is 0.740. The van der Waals surface area contributed by atoms with E-state index in [1.165, 1.54) is 4.90 Å². The average Bonchev–Trinajstić information content (AvgIpc) is 2.87. The molecule has 2 aromatic rings. The number of fused-ring (bicyclic) bond motifs is 3. The molecular formula is C17H17NO4. The number of carbonyl (C=O) groups excluding carboxylic acids is 2. The molecule has 0 N–H and O–H groups in total. The van der Waals surface area contributed by atoms with Gasteiger partial charge >= 0.3 is 0 Å². The third-order valence-electron chi connectivity index (χ3n) is 3.93. The first-order valence-electron chi connectivity index (χ1n) is 7.14. The van der Waals surface area contributed by atoms with Gasteiger partial charge in [0.1, 0.15) is 24.0 Å². The van der Waals surface area contributed by atoms with Crippen LogP contribution >= 0.6 is 0 Å². The molecule has 1 aliphatic rings. The molecule has 1 atom stereocenters. The molecule has 2 heterocycles. The van der Waals surface area contributed by atoms with E-state index in [-0.39, 0.29) is 18.3 Å². The molecule has 1 aromatic heterocycles. The van der Waals surface area contributed by atoms with E-state index < -0.39 is 5.54 Å². The predicted octanol–water partition coefficient (Wildman–Crippen LogP) is 2.80. The van der Waals surface area contributed by atoms with Crippen molar-refractivity contribution < 1.29 is 18.7 Å². The highest BCUT2D eigenvalue weighted by Crippen LogP contribution is 2.37. The van der Waals surface area contributed by atoms with Gasteiger partial charge in [0.15, 0.2) is 5.75 Å². The van der Waals surface area contributed by atoms with Crippen LogP contribution in [0.2, 0.25) is 0 Å². The van der Waals surface area contributed by atoms with E-state index in [9.17, 15) is 9.59 Å². The maximum absolute atomic E-state index is 12.8. The molecule has 114 valence electrons. The number of ether oxygens (including phenoxy) is 1. The van der Waals surface area contributed by atoms with Crippen LogP contribution in [0, 0.1) is 0 Å². The summed E-state index contributed by atoms with van der Waals surface area (Å²) in [6.45, 7) is 5.83. The minimum Gasteiger partial charge on any atom is -0.486 e. The highest BCUT2D eigenvalue weighted by molar-refractivity contribution is 6.03. The maximum Gasteiger partial charge on any atom is 0.294 e. The zero-order valence-corrected chi connectivity index (χ0v) is 12.4. The number of para-hydroxylation sites is 1. The molecular weight excluding hydrogens is 282 g/mol. The fraction of sp³-hybridized carbons (Fsp3) is 0.294. The van der Waals surface area contributed by atoms with Crippen molar-refractivity contribution >= 4 is 23.2 Å². The first-order chi connectivity index (χ1) is 10.6. The molecule has 1 unspecified atom stereocenters. The van der Waals surface area contributed by atoms with Crippen LogP contribution in [-0.2, 0) is 4.79 Å². The molecule has 3 rings (SSSR count). The van der Waals surface area contributed by atoms with Gasteiger partial charge in [-0.2, -0.15) is 0 Å². The second kappa shape index (κ2) is 5.33. The fourth-order valence-electron chi connectivity index (χ4n) is 2.63. The highest BCUT2D eigenvalue weighted by Gasteiger charge is 2.42. The van der Waals surface area contributed by atoms with Crippen LogP contribution in [-0.4, -0.2) is 35.8 Å². The Morgan fingerprint density at radius 3 is 2.91 bits per heavy atom. The molecule has 5 heteroatoms. The van der Waals surface area contributed by atoms with E-state index >= 15 is 0 Å². The van der Waals surface area contributed by atoms with Crippen molar-refractivity contribution in [2.24, 2.45) is 0 Å². The SMILES string of the molecule is C=CCCN1C(=O)c2oc3ccccc3c2OCC1(C)C=O. The Labute approximate surface area is 128 Å². The van der Waals surface area contributed by atoms with Crippen molar-refractivity contribution in [3.63, 3.8) is 0 Å². The normalized spacial score (nSPS) is 21.1. The van der Waals surface area contributed by atoms with Crippen LogP contribution in [0.1, 0.15) is 23.9 Å². The second-order valence-corrected chi connectivity index (χ2v) is 5.55. The number of hydrogen-bond donors (Lipinski definition) is 0. The van der Waals surface area contributed by atoms with Crippen LogP contribution in [0.25, 0.3) is 11.0 Å². The molecule has 0 spiro atoms. The molecule has 5 nitrogen and oxygen atoms in total. The summed E-state index contributed by atoms with van der Waals surface area (Å²) in [6, 6.07) is 7.31. The van der Waals surface area contributed by atoms with E-state index in [1.807, 2.05) is 18.2 Å². The number of hydrogen-bond acceptors (Lipinski definition) is 4. The average molecular weight is 299 g/mol. The Morgan fingerprint density at radius 2 is 2.18 bits per heavy atom. The number of benzene rings is 1. The lowest BCUT2D eigenvalue weighted by molar-refractivity contribution is -0.117. The van der Waals surface area contributed by atoms with Crippen molar-refractivity contribution in [2.75, 3.05) is 13.2 Å². The third-order valence-corrected chi connectivity index (χ3v) is 3.93. The van der Waals surface area contributed by atoms with Crippen molar-refractivity contribution in [3.05, 3.63) is 42.7 Å². The molecule has 0 radical (unpaired) electrons. The Bertz CT molecular complexity index is 748. The monoisotopic (exact) mass is 299 g/mol. The molecule has 22 heavy (non-hydrogen) atoms. The third kappa shape index (κ3) is 2.09.